The molecule has 0 spiro atoms. The molecule has 0 bridgehead atoms. The van der Waals surface area contributed by atoms with Crippen LogP contribution in [0.2, 0.25) is 5.15 Å². The van der Waals surface area contributed by atoms with Crippen LogP contribution in [0.3, 0.4) is 0 Å². The van der Waals surface area contributed by atoms with Crippen molar-refractivity contribution in [2.75, 3.05) is 5.73 Å². The zero-order valence-corrected chi connectivity index (χ0v) is 6.82. The topological polar surface area (TPSA) is 68.9 Å². The van der Waals surface area contributed by atoms with Crippen LogP contribution in [0, 0.1) is 0 Å². The van der Waals surface area contributed by atoms with Gasteiger partial charge in [-0.05, 0) is 12.2 Å². The van der Waals surface area contributed by atoms with Crippen LogP contribution in [-0.4, -0.2) is 16.3 Å². The molecule has 1 aromatic rings. The number of carbonyl (C=O) groups is 1. The van der Waals surface area contributed by atoms with E-state index in [-0.39, 0.29) is 11.0 Å². The summed E-state index contributed by atoms with van der Waals surface area (Å²) >= 11 is 5.67. The lowest BCUT2D eigenvalue weighted by molar-refractivity contribution is -0.104. The lowest BCUT2D eigenvalue weighted by Crippen LogP contribution is -1.95. The molecule has 0 aliphatic carbocycles. The molecule has 1 aromatic heterocycles. The van der Waals surface area contributed by atoms with Crippen LogP contribution < -0.4 is 5.73 Å². The average molecular weight is 184 g/mol. The first kappa shape index (κ1) is 8.67. The highest BCUT2D eigenvalue weighted by atomic mass is 35.5. The highest BCUT2D eigenvalue weighted by molar-refractivity contribution is 6.31. The number of nitrogen functional groups attached to an aromatic ring is 1. The van der Waals surface area contributed by atoms with Crippen LogP contribution in [0.15, 0.2) is 12.4 Å². The second-order valence-electron chi connectivity index (χ2n) is 1.96. The Kier molecular flexibility index (Phi) is 2.76. The van der Waals surface area contributed by atoms with E-state index < -0.39 is 0 Å². The molecule has 0 amide bonds. The highest BCUT2D eigenvalue weighted by Gasteiger charge is 2.01. The monoisotopic (exact) mass is 183 g/mol. The van der Waals surface area contributed by atoms with Gasteiger partial charge >= 0.3 is 0 Å². The van der Waals surface area contributed by atoms with Gasteiger partial charge in [0.1, 0.15) is 23.6 Å². The zero-order valence-electron chi connectivity index (χ0n) is 6.07. The SMILES string of the molecule is Nc1ncnc(Cl)c1C=CC=O. The number of hydrogen-bond acceptors (Lipinski definition) is 4. The molecule has 0 fully saturated rings. The number of aldehydes is 1. The number of carbonyl (C=O) groups excluding carboxylic acids is 1. The van der Waals surface area contributed by atoms with Crippen LogP contribution in [0.5, 0.6) is 0 Å². The lowest BCUT2D eigenvalue weighted by Gasteiger charge is -1.98. The molecule has 0 radical (unpaired) electrons. The minimum Gasteiger partial charge on any atom is -0.383 e. The summed E-state index contributed by atoms with van der Waals surface area (Å²) in [7, 11) is 0. The van der Waals surface area contributed by atoms with Gasteiger partial charge in [-0.2, -0.15) is 0 Å². The minimum absolute atomic E-state index is 0.237. The Labute approximate surface area is 74.1 Å². The van der Waals surface area contributed by atoms with E-state index in [1.807, 2.05) is 0 Å². The number of allylic oxidation sites excluding steroid dienone is 1. The molecule has 4 nitrogen and oxygen atoms in total. The third-order valence-corrected chi connectivity index (χ3v) is 1.51. The molecule has 2 N–H and O–H groups in total. The molecule has 0 saturated heterocycles. The number of hydrogen-bond donors (Lipinski definition) is 1. The lowest BCUT2D eigenvalue weighted by atomic mass is 10.3. The maximum atomic E-state index is 9.99. The molecule has 0 aromatic carbocycles. The number of anilines is 1. The van der Waals surface area contributed by atoms with Gasteiger partial charge in [0.25, 0.3) is 0 Å². The summed E-state index contributed by atoms with van der Waals surface area (Å²) in [5.41, 5.74) is 5.92. The van der Waals surface area contributed by atoms with Crippen molar-refractivity contribution in [3.63, 3.8) is 0 Å². The van der Waals surface area contributed by atoms with Crippen molar-refractivity contribution in [1.29, 1.82) is 0 Å². The van der Waals surface area contributed by atoms with Crippen molar-refractivity contribution in [3.05, 3.63) is 23.1 Å². The molecule has 0 unspecified atom stereocenters. The Morgan fingerprint density at radius 3 is 2.83 bits per heavy atom. The molecular weight excluding hydrogens is 178 g/mol. The van der Waals surface area contributed by atoms with E-state index in [1.165, 1.54) is 18.5 Å². The van der Waals surface area contributed by atoms with E-state index in [0.29, 0.717) is 11.8 Å². The van der Waals surface area contributed by atoms with Crippen molar-refractivity contribution in [1.82, 2.24) is 9.97 Å². The van der Waals surface area contributed by atoms with Gasteiger partial charge in [-0.3, -0.25) is 4.79 Å². The van der Waals surface area contributed by atoms with E-state index in [9.17, 15) is 4.79 Å². The Morgan fingerprint density at radius 2 is 2.25 bits per heavy atom. The van der Waals surface area contributed by atoms with Crippen molar-refractivity contribution in [3.8, 4) is 0 Å². The highest BCUT2D eigenvalue weighted by Crippen LogP contribution is 2.17. The summed E-state index contributed by atoms with van der Waals surface area (Å²) in [6, 6.07) is 0. The molecule has 1 rings (SSSR count). The van der Waals surface area contributed by atoms with E-state index >= 15 is 0 Å². The fraction of sp³-hybridized carbons (Fsp3) is 0. The smallest absolute Gasteiger partial charge is 0.142 e. The predicted octanol–water partition coefficient (Wildman–Crippen LogP) is 0.924. The number of rotatable bonds is 2. The van der Waals surface area contributed by atoms with Crippen molar-refractivity contribution >= 4 is 29.8 Å². The summed E-state index contributed by atoms with van der Waals surface area (Å²) in [4.78, 5) is 17.4. The van der Waals surface area contributed by atoms with Gasteiger partial charge in [-0.25, -0.2) is 9.97 Å². The van der Waals surface area contributed by atoms with Gasteiger partial charge in [-0.1, -0.05) is 11.6 Å². The largest absolute Gasteiger partial charge is 0.383 e. The van der Waals surface area contributed by atoms with E-state index in [4.69, 9.17) is 17.3 Å². The van der Waals surface area contributed by atoms with Crippen LogP contribution in [0.4, 0.5) is 5.82 Å². The van der Waals surface area contributed by atoms with Gasteiger partial charge in [0.05, 0.1) is 5.56 Å². The third kappa shape index (κ3) is 1.79. The summed E-state index contributed by atoms with van der Waals surface area (Å²) in [6.45, 7) is 0. The Morgan fingerprint density at radius 1 is 1.50 bits per heavy atom. The second kappa shape index (κ2) is 3.82. The molecule has 12 heavy (non-hydrogen) atoms. The summed E-state index contributed by atoms with van der Waals surface area (Å²) in [5.74, 6) is 0.258. The van der Waals surface area contributed by atoms with E-state index in [0.717, 1.165) is 0 Å². The Bertz CT molecular complexity index is 304. The number of halogens is 1. The first-order chi connectivity index (χ1) is 5.75. The maximum absolute atomic E-state index is 9.99. The molecule has 62 valence electrons. The maximum Gasteiger partial charge on any atom is 0.142 e. The normalized spacial score (nSPS) is 10.4. The third-order valence-electron chi connectivity index (χ3n) is 1.21. The Hall–Kier alpha value is -1.42. The Balaban J connectivity index is 3.12. The van der Waals surface area contributed by atoms with Crippen molar-refractivity contribution < 1.29 is 4.79 Å². The van der Waals surface area contributed by atoms with Gasteiger partial charge < -0.3 is 5.73 Å². The van der Waals surface area contributed by atoms with Crippen LogP contribution in [0.25, 0.3) is 6.08 Å². The zero-order chi connectivity index (χ0) is 8.97. The average Bonchev–Trinajstić information content (AvgIpc) is 2.04. The van der Waals surface area contributed by atoms with Crippen molar-refractivity contribution in [2.45, 2.75) is 0 Å². The van der Waals surface area contributed by atoms with Crippen molar-refractivity contribution in [2.24, 2.45) is 0 Å². The molecule has 0 saturated carbocycles. The number of aromatic nitrogens is 2. The second-order valence-corrected chi connectivity index (χ2v) is 2.32. The summed E-state index contributed by atoms with van der Waals surface area (Å²) < 4.78 is 0. The molecule has 0 aliphatic heterocycles. The van der Waals surface area contributed by atoms with Gasteiger partial charge in [0.15, 0.2) is 0 Å². The van der Waals surface area contributed by atoms with Crippen LogP contribution in [-0.2, 0) is 4.79 Å². The van der Waals surface area contributed by atoms with E-state index in [1.54, 1.807) is 0 Å². The van der Waals surface area contributed by atoms with Gasteiger partial charge in [0.2, 0.25) is 0 Å². The van der Waals surface area contributed by atoms with E-state index in [2.05, 4.69) is 9.97 Å². The van der Waals surface area contributed by atoms with Gasteiger partial charge in [-0.15, -0.1) is 0 Å². The molecule has 0 aliphatic rings. The first-order valence-electron chi connectivity index (χ1n) is 3.13. The molecular formula is C7H6ClN3O. The molecule has 0 atom stereocenters. The number of nitrogens with two attached hydrogens (primary N) is 1. The number of nitrogens with zero attached hydrogens (tertiary/aromatic N) is 2. The summed E-state index contributed by atoms with van der Waals surface area (Å²) in [6.07, 6.45) is 4.63. The van der Waals surface area contributed by atoms with Crippen LogP contribution >= 0.6 is 11.6 Å². The molecule has 5 heteroatoms. The van der Waals surface area contributed by atoms with Crippen LogP contribution in [0.1, 0.15) is 5.56 Å². The molecule has 1 heterocycles. The fourth-order valence-electron chi connectivity index (χ4n) is 0.676. The standard InChI is InChI=1S/C7H6ClN3O/c8-6-5(2-1-3-12)7(9)11-4-10-6/h1-4H,(H2,9,10,11). The quantitative estimate of drug-likeness (QED) is 0.421. The predicted molar refractivity (Wildman–Crippen MR) is 46.6 cm³/mol. The van der Waals surface area contributed by atoms with Gasteiger partial charge in [0, 0.05) is 0 Å². The fourth-order valence-corrected chi connectivity index (χ4v) is 0.880. The minimum atomic E-state index is 0.237. The summed E-state index contributed by atoms with van der Waals surface area (Å²) in [5, 5.41) is 0.237. The first-order valence-corrected chi connectivity index (χ1v) is 3.51.